The Hall–Kier alpha value is -2.57. The van der Waals surface area contributed by atoms with Gasteiger partial charge in [-0.1, -0.05) is 6.07 Å². The van der Waals surface area contributed by atoms with Gasteiger partial charge in [0.25, 0.3) is 11.7 Å². The van der Waals surface area contributed by atoms with Gasteiger partial charge in [0.2, 0.25) is 5.91 Å². The van der Waals surface area contributed by atoms with E-state index in [1.54, 1.807) is 13.0 Å². The number of carbonyl (C=O) groups is 2. The van der Waals surface area contributed by atoms with Crippen molar-refractivity contribution in [3.8, 4) is 0 Å². The van der Waals surface area contributed by atoms with Crippen molar-refractivity contribution in [1.29, 1.82) is 0 Å². The van der Waals surface area contributed by atoms with Crippen LogP contribution in [0.2, 0.25) is 0 Å². The van der Waals surface area contributed by atoms with Crippen LogP contribution in [0.15, 0.2) is 18.2 Å². The predicted octanol–water partition coefficient (Wildman–Crippen LogP) is 1.30. The van der Waals surface area contributed by atoms with Crippen LogP contribution in [0.3, 0.4) is 0 Å². The number of rotatable bonds is 2. The number of carbonyl (C=O) groups excluding carboxylic acids is 1. The number of nitro benzene ring substituents is 1. The number of nitrogens with zero attached hydrogens (tertiary/aromatic N) is 1. The summed E-state index contributed by atoms with van der Waals surface area (Å²) >= 11 is 0. The van der Waals surface area contributed by atoms with Crippen LogP contribution in [-0.2, 0) is 20.0 Å². The molecule has 0 saturated heterocycles. The Morgan fingerprint density at radius 3 is 1.91 bits per heavy atom. The monoisotopic (exact) mass is 352 g/mol. The number of hydrogen-bond acceptors (Lipinski definition) is 6. The van der Waals surface area contributed by atoms with Gasteiger partial charge in [-0.3, -0.25) is 28.8 Å². The lowest BCUT2D eigenvalue weighted by atomic mass is 10.1. The molecular formula is C11H16N2O9S. The smallest absolute Gasteiger partial charge is 0.394 e. The summed E-state index contributed by atoms with van der Waals surface area (Å²) in [6, 6.07) is 4.57. The molecule has 0 aliphatic carbocycles. The van der Waals surface area contributed by atoms with Gasteiger partial charge in [0.05, 0.1) is 16.2 Å². The van der Waals surface area contributed by atoms with E-state index in [2.05, 4.69) is 5.32 Å². The highest BCUT2D eigenvalue weighted by molar-refractivity contribution is 7.79. The Balaban J connectivity index is 0. The first-order chi connectivity index (χ1) is 10.3. The highest BCUT2D eigenvalue weighted by Crippen LogP contribution is 2.24. The van der Waals surface area contributed by atoms with E-state index in [0.717, 1.165) is 6.92 Å². The lowest BCUT2D eigenvalue weighted by Crippen LogP contribution is -2.07. The van der Waals surface area contributed by atoms with Gasteiger partial charge in [0, 0.05) is 19.9 Å². The Morgan fingerprint density at radius 2 is 1.61 bits per heavy atom. The summed E-state index contributed by atoms with van der Waals surface area (Å²) in [4.78, 5) is 29.8. The number of amides is 1. The lowest BCUT2D eigenvalue weighted by molar-refractivity contribution is -0.385. The molecule has 0 heterocycles. The maximum atomic E-state index is 10.8. The first-order valence-electron chi connectivity index (χ1n) is 5.66. The second kappa shape index (κ2) is 10.2. The van der Waals surface area contributed by atoms with E-state index < -0.39 is 21.3 Å². The first kappa shape index (κ1) is 22.7. The maximum absolute atomic E-state index is 10.8. The van der Waals surface area contributed by atoms with E-state index in [-0.39, 0.29) is 11.6 Å². The Morgan fingerprint density at radius 1 is 1.22 bits per heavy atom. The third-order valence-corrected chi connectivity index (χ3v) is 1.81. The number of carboxylic acid groups (broad SMARTS) is 1. The van der Waals surface area contributed by atoms with Gasteiger partial charge in [-0.05, 0) is 13.0 Å². The van der Waals surface area contributed by atoms with Gasteiger partial charge in [0.15, 0.2) is 0 Å². The van der Waals surface area contributed by atoms with Crippen LogP contribution in [-0.4, -0.2) is 39.4 Å². The number of carboxylic acids is 1. The number of nitro groups is 1. The van der Waals surface area contributed by atoms with Gasteiger partial charge in [0.1, 0.15) is 0 Å². The van der Waals surface area contributed by atoms with Crippen molar-refractivity contribution >= 4 is 33.7 Å². The fourth-order valence-corrected chi connectivity index (χ4v) is 1.15. The molecule has 1 aromatic carbocycles. The standard InChI is InChI=1S/C9H10N2O3.C2H4O2.H2O4S/c1-6-8(10-7(2)12)4-3-5-9(6)11(13)14;1-2(3)4;1-5(2,3)4/h3-5H,1-2H3,(H,10,12);1H3,(H,3,4);(H2,1,2,3,4). The van der Waals surface area contributed by atoms with Gasteiger partial charge >= 0.3 is 10.4 Å². The molecule has 1 aromatic rings. The van der Waals surface area contributed by atoms with Crippen LogP contribution < -0.4 is 5.32 Å². The van der Waals surface area contributed by atoms with Crippen LogP contribution in [0.25, 0.3) is 0 Å². The van der Waals surface area contributed by atoms with E-state index in [0.29, 0.717) is 11.3 Å². The molecule has 130 valence electrons. The molecule has 1 rings (SSSR count). The SMILES string of the molecule is CC(=O)Nc1cccc([N+](=O)[O-])c1C.CC(=O)O.O=S(=O)(O)O. The maximum Gasteiger partial charge on any atom is 0.394 e. The Bertz CT molecular complexity index is 658. The number of benzene rings is 1. The minimum Gasteiger partial charge on any atom is -0.481 e. The van der Waals surface area contributed by atoms with Crippen LogP contribution in [0.5, 0.6) is 0 Å². The van der Waals surface area contributed by atoms with Crippen molar-refractivity contribution in [2.75, 3.05) is 5.32 Å². The molecule has 23 heavy (non-hydrogen) atoms. The summed E-state index contributed by atoms with van der Waals surface area (Å²) < 4.78 is 31.6. The van der Waals surface area contributed by atoms with Gasteiger partial charge in [-0.2, -0.15) is 8.42 Å². The molecule has 11 nitrogen and oxygen atoms in total. The summed E-state index contributed by atoms with van der Waals surface area (Å²) in [5.41, 5.74) is 0.954. The summed E-state index contributed by atoms with van der Waals surface area (Å²) in [7, 11) is -4.67. The zero-order valence-corrected chi connectivity index (χ0v) is 13.2. The van der Waals surface area contributed by atoms with E-state index in [1.165, 1.54) is 19.1 Å². The van der Waals surface area contributed by atoms with E-state index in [9.17, 15) is 14.9 Å². The van der Waals surface area contributed by atoms with Crippen molar-refractivity contribution in [3.05, 3.63) is 33.9 Å². The summed E-state index contributed by atoms with van der Waals surface area (Å²) in [5.74, 6) is -1.08. The largest absolute Gasteiger partial charge is 0.481 e. The lowest BCUT2D eigenvalue weighted by Gasteiger charge is -2.05. The minimum atomic E-state index is -4.67. The van der Waals surface area contributed by atoms with Crippen LogP contribution >= 0.6 is 0 Å². The molecule has 0 fully saturated rings. The highest BCUT2D eigenvalue weighted by atomic mass is 32.3. The topological polar surface area (TPSA) is 184 Å². The van der Waals surface area contributed by atoms with E-state index in [4.69, 9.17) is 27.4 Å². The van der Waals surface area contributed by atoms with Crippen LogP contribution in [0.1, 0.15) is 19.4 Å². The average Bonchev–Trinajstić information content (AvgIpc) is 2.27. The predicted molar refractivity (Wildman–Crippen MR) is 79.6 cm³/mol. The first-order valence-corrected chi connectivity index (χ1v) is 7.06. The number of anilines is 1. The normalized spacial score (nSPS) is 9.43. The molecule has 0 aliphatic rings. The van der Waals surface area contributed by atoms with Crippen LogP contribution in [0.4, 0.5) is 11.4 Å². The summed E-state index contributed by atoms with van der Waals surface area (Å²) in [6.45, 7) is 4.04. The van der Waals surface area contributed by atoms with Crippen molar-refractivity contribution in [3.63, 3.8) is 0 Å². The zero-order chi connectivity index (χ0) is 18.8. The van der Waals surface area contributed by atoms with E-state index >= 15 is 0 Å². The second-order valence-electron chi connectivity index (χ2n) is 3.85. The van der Waals surface area contributed by atoms with Crippen molar-refractivity contribution in [1.82, 2.24) is 0 Å². The van der Waals surface area contributed by atoms with Gasteiger partial charge in [-0.15, -0.1) is 0 Å². The number of nitrogens with one attached hydrogen (secondary N) is 1. The molecular weight excluding hydrogens is 336 g/mol. The fraction of sp³-hybridized carbons (Fsp3) is 0.273. The second-order valence-corrected chi connectivity index (χ2v) is 4.75. The zero-order valence-electron chi connectivity index (χ0n) is 12.4. The molecule has 1 amide bonds. The average molecular weight is 352 g/mol. The molecule has 0 aliphatic heterocycles. The van der Waals surface area contributed by atoms with Crippen molar-refractivity contribution in [2.24, 2.45) is 0 Å². The summed E-state index contributed by atoms with van der Waals surface area (Å²) in [6.07, 6.45) is 0. The molecule has 0 radical (unpaired) electrons. The van der Waals surface area contributed by atoms with Crippen molar-refractivity contribution in [2.45, 2.75) is 20.8 Å². The van der Waals surface area contributed by atoms with E-state index in [1.807, 2.05) is 0 Å². The minimum absolute atomic E-state index is 0.0104. The fourth-order valence-electron chi connectivity index (χ4n) is 1.15. The van der Waals surface area contributed by atoms with Gasteiger partial charge in [-0.25, -0.2) is 0 Å². The molecule has 0 saturated carbocycles. The summed E-state index contributed by atoms with van der Waals surface area (Å²) in [5, 5.41) is 20.5. The third kappa shape index (κ3) is 15.6. The molecule has 0 atom stereocenters. The van der Waals surface area contributed by atoms with Crippen molar-refractivity contribution < 1.29 is 37.1 Å². The molecule has 0 unspecified atom stereocenters. The Labute approximate surface area is 131 Å². The molecule has 0 aromatic heterocycles. The number of hydrogen-bond donors (Lipinski definition) is 4. The highest BCUT2D eigenvalue weighted by Gasteiger charge is 2.13. The quantitative estimate of drug-likeness (QED) is 0.346. The third-order valence-electron chi connectivity index (χ3n) is 1.81. The Kier molecular flexibility index (Phi) is 10.1. The van der Waals surface area contributed by atoms with Gasteiger partial charge < -0.3 is 10.4 Å². The molecule has 4 N–H and O–H groups in total. The van der Waals surface area contributed by atoms with Crippen LogP contribution in [0, 0.1) is 17.0 Å². The molecule has 0 bridgehead atoms. The molecule has 12 heteroatoms. The molecule has 0 spiro atoms. The number of aliphatic carboxylic acids is 1.